The van der Waals surface area contributed by atoms with Gasteiger partial charge in [0.2, 0.25) is 0 Å². The number of amides is 1. The molecule has 0 fully saturated rings. The van der Waals surface area contributed by atoms with Gasteiger partial charge in [-0.05, 0) is 29.8 Å². The number of hydrogen-bond acceptors (Lipinski definition) is 3. The number of rotatable bonds is 1. The SMILES string of the molecule is O=C1C(O)NC(c2ccccc2F)c2cc(Cl)ccc2N1I. The van der Waals surface area contributed by atoms with Crippen molar-refractivity contribution in [1.82, 2.24) is 5.32 Å². The quantitative estimate of drug-likeness (QED) is 0.538. The fourth-order valence-corrected chi connectivity index (χ4v) is 3.33. The molecule has 1 aliphatic heterocycles. The van der Waals surface area contributed by atoms with Gasteiger partial charge in [-0.15, -0.1) is 0 Å². The first kappa shape index (κ1) is 15.7. The lowest BCUT2D eigenvalue weighted by Gasteiger charge is -2.21. The molecule has 2 atom stereocenters. The molecule has 2 aromatic rings. The van der Waals surface area contributed by atoms with Gasteiger partial charge in [-0.2, -0.15) is 0 Å². The van der Waals surface area contributed by atoms with Crippen molar-refractivity contribution >= 4 is 46.1 Å². The van der Waals surface area contributed by atoms with Crippen LogP contribution >= 0.6 is 34.5 Å². The average molecular weight is 433 g/mol. The maximum atomic E-state index is 14.2. The van der Waals surface area contributed by atoms with Gasteiger partial charge in [0, 0.05) is 10.6 Å². The van der Waals surface area contributed by atoms with E-state index in [9.17, 15) is 14.3 Å². The van der Waals surface area contributed by atoms with Crippen LogP contribution in [0.1, 0.15) is 17.2 Å². The summed E-state index contributed by atoms with van der Waals surface area (Å²) in [4.78, 5) is 12.1. The highest BCUT2D eigenvalue weighted by atomic mass is 127. The molecule has 4 nitrogen and oxygen atoms in total. The molecule has 1 heterocycles. The van der Waals surface area contributed by atoms with E-state index in [1.807, 2.05) is 22.9 Å². The first-order valence-corrected chi connectivity index (χ1v) is 7.81. The number of anilines is 1. The summed E-state index contributed by atoms with van der Waals surface area (Å²) in [6.45, 7) is 0. The summed E-state index contributed by atoms with van der Waals surface area (Å²) < 4.78 is 15.5. The number of hydrogen-bond donors (Lipinski definition) is 2. The molecule has 0 radical (unpaired) electrons. The van der Waals surface area contributed by atoms with Crippen molar-refractivity contribution in [2.45, 2.75) is 12.3 Å². The second-order valence-corrected chi connectivity index (χ2v) is 6.25. The Bertz CT molecular complexity index is 743. The molecule has 0 spiro atoms. The fraction of sp³-hybridized carbons (Fsp3) is 0.133. The van der Waals surface area contributed by atoms with Gasteiger partial charge in [0.05, 0.1) is 34.6 Å². The van der Waals surface area contributed by atoms with Gasteiger partial charge in [0.1, 0.15) is 5.82 Å². The van der Waals surface area contributed by atoms with Gasteiger partial charge in [0.25, 0.3) is 5.91 Å². The van der Waals surface area contributed by atoms with Gasteiger partial charge in [-0.25, -0.2) is 7.50 Å². The standard InChI is InChI=1S/C15H11ClFIN2O2/c16-8-5-6-12-10(7-8)13(9-3-1-2-4-11(9)17)19-14(21)15(22)20(12)18/h1-7,13-14,19,21H. The number of carbonyl (C=O) groups excluding carboxylic acids is 1. The number of aliphatic hydroxyl groups excluding tert-OH is 1. The summed E-state index contributed by atoms with van der Waals surface area (Å²) in [5.41, 5.74) is 1.52. The largest absolute Gasteiger partial charge is 0.370 e. The predicted molar refractivity (Wildman–Crippen MR) is 90.3 cm³/mol. The number of aliphatic hydroxyl groups is 1. The Kier molecular flexibility index (Phi) is 4.35. The minimum absolute atomic E-state index is 0.338. The Balaban J connectivity index is 2.22. The van der Waals surface area contributed by atoms with Gasteiger partial charge in [-0.1, -0.05) is 29.8 Å². The monoisotopic (exact) mass is 432 g/mol. The summed E-state index contributed by atoms with van der Waals surface area (Å²) >= 11 is 7.86. The fourth-order valence-electron chi connectivity index (χ4n) is 2.45. The van der Waals surface area contributed by atoms with Crippen molar-refractivity contribution < 1.29 is 14.3 Å². The first-order chi connectivity index (χ1) is 10.5. The molecule has 22 heavy (non-hydrogen) atoms. The minimum atomic E-state index is -1.44. The second-order valence-electron chi connectivity index (χ2n) is 4.85. The number of carbonyl (C=O) groups is 1. The molecule has 2 aromatic carbocycles. The van der Waals surface area contributed by atoms with Crippen LogP contribution in [-0.2, 0) is 4.79 Å². The Morgan fingerprint density at radius 2 is 1.95 bits per heavy atom. The van der Waals surface area contributed by atoms with Gasteiger partial charge in [-0.3, -0.25) is 10.1 Å². The van der Waals surface area contributed by atoms with Crippen LogP contribution in [0.2, 0.25) is 5.02 Å². The van der Waals surface area contributed by atoms with Crippen LogP contribution < -0.4 is 8.43 Å². The maximum Gasteiger partial charge on any atom is 0.279 e. The highest BCUT2D eigenvalue weighted by molar-refractivity contribution is 14.1. The zero-order chi connectivity index (χ0) is 15.9. The molecule has 7 heteroatoms. The minimum Gasteiger partial charge on any atom is -0.370 e. The highest BCUT2D eigenvalue weighted by Gasteiger charge is 2.34. The number of nitrogens with zero attached hydrogens (tertiary/aromatic N) is 1. The zero-order valence-corrected chi connectivity index (χ0v) is 14.0. The topological polar surface area (TPSA) is 52.6 Å². The van der Waals surface area contributed by atoms with Crippen LogP contribution in [-0.4, -0.2) is 17.2 Å². The van der Waals surface area contributed by atoms with Crippen LogP contribution in [0.25, 0.3) is 0 Å². The number of benzene rings is 2. The van der Waals surface area contributed by atoms with Crippen LogP contribution in [0.5, 0.6) is 0 Å². The van der Waals surface area contributed by atoms with Gasteiger partial charge < -0.3 is 5.11 Å². The summed E-state index contributed by atoms with van der Waals surface area (Å²) in [6, 6.07) is 10.5. The van der Waals surface area contributed by atoms with E-state index in [1.54, 1.807) is 36.4 Å². The molecule has 3 rings (SSSR count). The highest BCUT2D eigenvalue weighted by Crippen LogP contribution is 2.37. The van der Waals surface area contributed by atoms with E-state index in [1.165, 1.54) is 9.18 Å². The Morgan fingerprint density at radius 3 is 2.68 bits per heavy atom. The summed E-state index contributed by atoms with van der Waals surface area (Å²) in [5.74, 6) is -0.949. The molecule has 114 valence electrons. The molecule has 0 bridgehead atoms. The van der Waals surface area contributed by atoms with Crippen molar-refractivity contribution in [3.63, 3.8) is 0 Å². The van der Waals surface area contributed by atoms with Crippen molar-refractivity contribution in [3.8, 4) is 0 Å². The van der Waals surface area contributed by atoms with E-state index < -0.39 is 24.0 Å². The Morgan fingerprint density at radius 1 is 1.23 bits per heavy atom. The summed E-state index contributed by atoms with van der Waals surface area (Å²) in [5, 5.41) is 13.3. The van der Waals surface area contributed by atoms with Crippen LogP contribution in [0.4, 0.5) is 10.1 Å². The molecule has 0 aromatic heterocycles. The third-order valence-electron chi connectivity index (χ3n) is 3.48. The van der Waals surface area contributed by atoms with Crippen LogP contribution in [0.15, 0.2) is 42.5 Å². The van der Waals surface area contributed by atoms with E-state index >= 15 is 0 Å². The molecule has 2 unspecified atom stereocenters. The predicted octanol–water partition coefficient (Wildman–Crippen LogP) is 3.17. The Labute approximate surface area is 145 Å². The van der Waals surface area contributed by atoms with E-state index in [0.29, 0.717) is 21.8 Å². The first-order valence-electron chi connectivity index (χ1n) is 6.47. The lowest BCUT2D eigenvalue weighted by Crippen LogP contribution is -2.42. The maximum absolute atomic E-state index is 14.2. The number of fused-ring (bicyclic) bond motifs is 1. The number of nitrogens with one attached hydrogen (secondary N) is 1. The third kappa shape index (κ3) is 2.71. The molecular weight excluding hydrogens is 422 g/mol. The van der Waals surface area contributed by atoms with Crippen molar-refractivity contribution in [2.24, 2.45) is 0 Å². The molecule has 1 amide bonds. The second kappa shape index (κ2) is 6.11. The molecule has 2 N–H and O–H groups in total. The molecular formula is C15H11ClFIN2O2. The zero-order valence-electron chi connectivity index (χ0n) is 11.1. The molecule has 1 aliphatic rings. The van der Waals surface area contributed by atoms with Crippen LogP contribution in [0, 0.1) is 5.82 Å². The van der Waals surface area contributed by atoms with E-state index in [-0.39, 0.29) is 0 Å². The normalized spacial score (nSPS) is 21.5. The van der Waals surface area contributed by atoms with Crippen molar-refractivity contribution in [1.29, 1.82) is 0 Å². The third-order valence-corrected chi connectivity index (χ3v) is 4.71. The van der Waals surface area contributed by atoms with Gasteiger partial charge in [0.15, 0.2) is 6.23 Å². The molecule has 0 aliphatic carbocycles. The lowest BCUT2D eigenvalue weighted by atomic mass is 9.97. The van der Waals surface area contributed by atoms with Crippen molar-refractivity contribution in [2.75, 3.05) is 3.11 Å². The van der Waals surface area contributed by atoms with E-state index in [4.69, 9.17) is 11.6 Å². The number of halogens is 3. The van der Waals surface area contributed by atoms with E-state index in [2.05, 4.69) is 5.32 Å². The summed E-state index contributed by atoms with van der Waals surface area (Å²) in [6.07, 6.45) is -1.44. The molecule has 0 saturated heterocycles. The Hall–Kier alpha value is -1.22. The van der Waals surface area contributed by atoms with E-state index in [0.717, 1.165) is 0 Å². The smallest absolute Gasteiger partial charge is 0.279 e. The lowest BCUT2D eigenvalue weighted by molar-refractivity contribution is -0.126. The average Bonchev–Trinajstić information content (AvgIpc) is 2.59. The van der Waals surface area contributed by atoms with Gasteiger partial charge >= 0.3 is 0 Å². The van der Waals surface area contributed by atoms with Crippen LogP contribution in [0.3, 0.4) is 0 Å². The van der Waals surface area contributed by atoms with Crippen molar-refractivity contribution in [3.05, 3.63) is 64.4 Å². The molecule has 0 saturated carbocycles. The summed E-state index contributed by atoms with van der Waals surface area (Å²) in [7, 11) is 0.